The molecule has 0 spiro atoms. The minimum Gasteiger partial charge on any atom is -0.365 e. The standard InChI is InChI=1S/C19H21N3O3/c1-14-6-5-9-16(10-14)22-12-17(25-13-18(22)23)11-20-19(24)21-15-7-3-2-4-8-15/h2-10,17H,11-13H2,1H3,(H2,20,21,24). The summed E-state index contributed by atoms with van der Waals surface area (Å²) in [5.74, 6) is -0.0735. The molecule has 3 amide bonds. The first-order valence-corrected chi connectivity index (χ1v) is 8.20. The lowest BCUT2D eigenvalue weighted by atomic mass is 10.1. The van der Waals surface area contributed by atoms with E-state index in [1.165, 1.54) is 0 Å². The number of benzene rings is 2. The fourth-order valence-electron chi connectivity index (χ4n) is 2.70. The Morgan fingerprint density at radius 3 is 2.76 bits per heavy atom. The largest absolute Gasteiger partial charge is 0.365 e. The fraction of sp³-hybridized carbons (Fsp3) is 0.263. The Balaban J connectivity index is 1.55. The average molecular weight is 339 g/mol. The van der Waals surface area contributed by atoms with Gasteiger partial charge < -0.3 is 20.3 Å². The summed E-state index contributed by atoms with van der Waals surface area (Å²) in [5.41, 5.74) is 2.67. The Morgan fingerprint density at radius 2 is 2.00 bits per heavy atom. The van der Waals surface area contributed by atoms with Gasteiger partial charge in [0, 0.05) is 17.9 Å². The number of urea groups is 1. The van der Waals surface area contributed by atoms with Crippen LogP contribution in [0.5, 0.6) is 0 Å². The van der Waals surface area contributed by atoms with Crippen molar-refractivity contribution in [3.8, 4) is 0 Å². The molecule has 3 rings (SSSR count). The molecule has 1 heterocycles. The zero-order valence-corrected chi connectivity index (χ0v) is 14.1. The molecule has 0 aromatic heterocycles. The van der Waals surface area contributed by atoms with E-state index in [0.29, 0.717) is 13.1 Å². The molecule has 1 saturated heterocycles. The first-order valence-electron chi connectivity index (χ1n) is 8.20. The van der Waals surface area contributed by atoms with Gasteiger partial charge in [0.05, 0.1) is 12.6 Å². The van der Waals surface area contributed by atoms with Gasteiger partial charge in [0.2, 0.25) is 0 Å². The highest BCUT2D eigenvalue weighted by Gasteiger charge is 2.27. The Hall–Kier alpha value is -2.86. The lowest BCUT2D eigenvalue weighted by molar-refractivity contribution is -0.129. The third-order valence-corrected chi connectivity index (χ3v) is 3.97. The van der Waals surface area contributed by atoms with Gasteiger partial charge in [0.15, 0.2) is 0 Å². The van der Waals surface area contributed by atoms with E-state index in [4.69, 9.17) is 4.74 Å². The maximum absolute atomic E-state index is 12.1. The molecule has 2 N–H and O–H groups in total. The molecule has 1 fully saturated rings. The fourth-order valence-corrected chi connectivity index (χ4v) is 2.70. The average Bonchev–Trinajstić information content (AvgIpc) is 2.62. The molecule has 0 saturated carbocycles. The summed E-state index contributed by atoms with van der Waals surface area (Å²) in [6, 6.07) is 16.7. The Bertz CT molecular complexity index is 749. The highest BCUT2D eigenvalue weighted by Crippen LogP contribution is 2.19. The van der Waals surface area contributed by atoms with E-state index in [2.05, 4.69) is 10.6 Å². The third-order valence-electron chi connectivity index (χ3n) is 3.97. The smallest absolute Gasteiger partial charge is 0.319 e. The molecule has 1 unspecified atom stereocenters. The summed E-state index contributed by atoms with van der Waals surface area (Å²) in [6.45, 7) is 2.74. The quantitative estimate of drug-likeness (QED) is 0.899. The van der Waals surface area contributed by atoms with Gasteiger partial charge in [-0.25, -0.2) is 4.79 Å². The van der Waals surface area contributed by atoms with Crippen molar-refractivity contribution in [2.24, 2.45) is 0 Å². The maximum atomic E-state index is 12.1. The summed E-state index contributed by atoms with van der Waals surface area (Å²) in [6.07, 6.45) is -0.250. The van der Waals surface area contributed by atoms with Crippen molar-refractivity contribution in [2.75, 3.05) is 29.9 Å². The molecule has 0 aliphatic carbocycles. The Morgan fingerprint density at radius 1 is 1.20 bits per heavy atom. The van der Waals surface area contributed by atoms with E-state index < -0.39 is 0 Å². The van der Waals surface area contributed by atoms with Crippen LogP contribution in [0, 0.1) is 6.92 Å². The number of nitrogens with one attached hydrogen (secondary N) is 2. The summed E-state index contributed by atoms with van der Waals surface area (Å²) in [7, 11) is 0. The SMILES string of the molecule is Cc1cccc(N2CC(CNC(=O)Nc3ccccc3)OCC2=O)c1. The van der Waals surface area contributed by atoms with Crippen LogP contribution < -0.4 is 15.5 Å². The highest BCUT2D eigenvalue weighted by molar-refractivity contribution is 5.95. The Labute approximate surface area is 146 Å². The van der Waals surface area contributed by atoms with Crippen LogP contribution in [0.15, 0.2) is 54.6 Å². The third kappa shape index (κ3) is 4.58. The summed E-state index contributed by atoms with van der Waals surface area (Å²) < 4.78 is 5.54. The van der Waals surface area contributed by atoms with Gasteiger partial charge in [-0.1, -0.05) is 30.3 Å². The number of para-hydroxylation sites is 1. The predicted octanol–water partition coefficient (Wildman–Crippen LogP) is 2.55. The van der Waals surface area contributed by atoms with Crippen LogP contribution in [0.4, 0.5) is 16.2 Å². The zero-order valence-electron chi connectivity index (χ0n) is 14.1. The molecule has 25 heavy (non-hydrogen) atoms. The molecule has 6 heteroatoms. The number of carbonyl (C=O) groups excluding carboxylic acids is 2. The number of hydrogen-bond donors (Lipinski definition) is 2. The van der Waals surface area contributed by atoms with Gasteiger partial charge in [0.1, 0.15) is 6.61 Å². The number of hydrogen-bond acceptors (Lipinski definition) is 3. The van der Waals surface area contributed by atoms with Crippen molar-refractivity contribution in [3.05, 3.63) is 60.2 Å². The topological polar surface area (TPSA) is 70.7 Å². The number of aryl methyl sites for hydroxylation is 1. The molecule has 2 aromatic carbocycles. The van der Waals surface area contributed by atoms with Crippen molar-refractivity contribution in [1.82, 2.24) is 5.32 Å². The second-order valence-electron chi connectivity index (χ2n) is 5.98. The predicted molar refractivity (Wildman–Crippen MR) is 96.7 cm³/mol. The molecule has 1 aliphatic rings. The van der Waals surface area contributed by atoms with Gasteiger partial charge in [-0.15, -0.1) is 0 Å². The van der Waals surface area contributed by atoms with Crippen molar-refractivity contribution in [2.45, 2.75) is 13.0 Å². The molecule has 0 radical (unpaired) electrons. The van der Waals surface area contributed by atoms with Crippen molar-refractivity contribution in [1.29, 1.82) is 0 Å². The number of carbonyl (C=O) groups is 2. The molecule has 0 bridgehead atoms. The monoisotopic (exact) mass is 339 g/mol. The van der Waals surface area contributed by atoms with E-state index >= 15 is 0 Å². The van der Waals surface area contributed by atoms with Crippen LogP contribution in [0.25, 0.3) is 0 Å². The van der Waals surface area contributed by atoms with Crippen LogP contribution >= 0.6 is 0 Å². The van der Waals surface area contributed by atoms with E-state index in [9.17, 15) is 9.59 Å². The van der Waals surface area contributed by atoms with Crippen LogP contribution in [-0.4, -0.2) is 37.7 Å². The van der Waals surface area contributed by atoms with Crippen LogP contribution in [0.3, 0.4) is 0 Å². The van der Waals surface area contributed by atoms with Crippen molar-refractivity contribution < 1.29 is 14.3 Å². The van der Waals surface area contributed by atoms with Crippen LogP contribution in [0.2, 0.25) is 0 Å². The number of anilines is 2. The molecular weight excluding hydrogens is 318 g/mol. The van der Waals surface area contributed by atoms with Gasteiger partial charge in [0.25, 0.3) is 5.91 Å². The second kappa shape index (κ2) is 7.81. The van der Waals surface area contributed by atoms with E-state index in [0.717, 1.165) is 16.9 Å². The van der Waals surface area contributed by atoms with Gasteiger partial charge in [-0.3, -0.25) is 4.79 Å². The molecule has 6 nitrogen and oxygen atoms in total. The summed E-state index contributed by atoms with van der Waals surface area (Å²) >= 11 is 0. The molecule has 2 aromatic rings. The number of ether oxygens (including phenoxy) is 1. The number of nitrogens with zero attached hydrogens (tertiary/aromatic N) is 1. The van der Waals surface area contributed by atoms with Crippen LogP contribution in [0.1, 0.15) is 5.56 Å². The minimum atomic E-state index is -0.297. The minimum absolute atomic E-state index is 0.0145. The van der Waals surface area contributed by atoms with Crippen LogP contribution in [-0.2, 0) is 9.53 Å². The second-order valence-corrected chi connectivity index (χ2v) is 5.98. The number of amides is 3. The first kappa shape index (κ1) is 17.0. The van der Waals surface area contributed by atoms with Crippen molar-refractivity contribution in [3.63, 3.8) is 0 Å². The summed E-state index contributed by atoms with van der Waals surface area (Å²) in [5, 5.41) is 5.54. The maximum Gasteiger partial charge on any atom is 0.319 e. The first-order chi connectivity index (χ1) is 12.1. The molecule has 1 aliphatic heterocycles. The van der Waals surface area contributed by atoms with Gasteiger partial charge >= 0.3 is 6.03 Å². The van der Waals surface area contributed by atoms with E-state index in [-0.39, 0.29) is 24.6 Å². The van der Waals surface area contributed by atoms with Crippen molar-refractivity contribution >= 4 is 23.3 Å². The molecular formula is C19H21N3O3. The Kier molecular flexibility index (Phi) is 5.30. The van der Waals surface area contributed by atoms with Gasteiger partial charge in [-0.2, -0.15) is 0 Å². The van der Waals surface area contributed by atoms with Gasteiger partial charge in [-0.05, 0) is 36.8 Å². The highest BCUT2D eigenvalue weighted by atomic mass is 16.5. The van der Waals surface area contributed by atoms with E-state index in [1.54, 1.807) is 4.90 Å². The molecule has 130 valence electrons. The summed E-state index contributed by atoms with van der Waals surface area (Å²) in [4.78, 5) is 25.8. The number of morpholine rings is 1. The lowest BCUT2D eigenvalue weighted by Crippen LogP contribution is -2.51. The lowest BCUT2D eigenvalue weighted by Gasteiger charge is -2.33. The molecule has 1 atom stereocenters. The normalized spacial score (nSPS) is 17.2. The number of rotatable bonds is 4. The zero-order chi connectivity index (χ0) is 17.6. The van der Waals surface area contributed by atoms with E-state index in [1.807, 2.05) is 61.5 Å².